The van der Waals surface area contributed by atoms with Crippen molar-refractivity contribution in [2.24, 2.45) is 40.2 Å². The van der Waals surface area contributed by atoms with E-state index in [1.807, 2.05) is 0 Å². The van der Waals surface area contributed by atoms with E-state index in [0.29, 0.717) is 11.3 Å². The van der Waals surface area contributed by atoms with Crippen LogP contribution in [0.4, 0.5) is 0 Å². The molecule has 2 unspecified atom stereocenters. The van der Waals surface area contributed by atoms with Crippen LogP contribution in [-0.2, 0) is 0 Å². The molecule has 0 saturated heterocycles. The van der Waals surface area contributed by atoms with E-state index in [4.69, 9.17) is 5.73 Å². The third-order valence-electron chi connectivity index (χ3n) is 8.34. The Morgan fingerprint density at radius 2 is 1.76 bits per heavy atom. The highest BCUT2D eigenvalue weighted by Gasteiger charge is 2.62. The van der Waals surface area contributed by atoms with Crippen LogP contribution in [0.3, 0.4) is 0 Å². The van der Waals surface area contributed by atoms with Gasteiger partial charge in [-0.3, -0.25) is 0 Å². The van der Waals surface area contributed by atoms with Crippen LogP contribution >= 0.6 is 0 Å². The van der Waals surface area contributed by atoms with Crippen LogP contribution in [0.2, 0.25) is 0 Å². The van der Waals surface area contributed by atoms with Crippen molar-refractivity contribution < 1.29 is 5.11 Å². The second kappa shape index (κ2) is 4.35. The van der Waals surface area contributed by atoms with Gasteiger partial charge in [-0.05, 0) is 80.5 Å². The molecule has 0 radical (unpaired) electrons. The minimum Gasteiger partial charge on any atom is -0.376 e. The molecule has 4 aliphatic rings. The first-order valence-electron chi connectivity index (χ1n) is 9.07. The number of hydrogen-bond acceptors (Lipinski definition) is 2. The fourth-order valence-electron chi connectivity index (χ4n) is 6.87. The molecule has 21 heavy (non-hydrogen) atoms. The van der Waals surface area contributed by atoms with E-state index in [-0.39, 0.29) is 5.41 Å². The van der Waals surface area contributed by atoms with Gasteiger partial charge in [-0.1, -0.05) is 26.0 Å². The number of allylic oxidation sites excluding steroid dienone is 2. The van der Waals surface area contributed by atoms with Crippen LogP contribution in [0.1, 0.15) is 65.2 Å². The molecule has 3 saturated carbocycles. The normalized spacial score (nSPS) is 59.2. The third-order valence-corrected chi connectivity index (χ3v) is 8.34. The monoisotopic (exact) mass is 289 g/mol. The Morgan fingerprint density at radius 1 is 1.00 bits per heavy atom. The largest absolute Gasteiger partial charge is 0.376 e. The van der Waals surface area contributed by atoms with E-state index in [2.05, 4.69) is 26.0 Å². The van der Waals surface area contributed by atoms with Crippen LogP contribution in [0, 0.1) is 34.5 Å². The summed E-state index contributed by atoms with van der Waals surface area (Å²) in [4.78, 5) is 0. The highest BCUT2D eigenvalue weighted by molar-refractivity contribution is 5.17. The lowest BCUT2D eigenvalue weighted by Gasteiger charge is -2.59. The lowest BCUT2D eigenvalue weighted by molar-refractivity contribution is -0.134. The Labute approximate surface area is 129 Å². The van der Waals surface area contributed by atoms with Gasteiger partial charge < -0.3 is 10.8 Å². The molecule has 0 aliphatic heterocycles. The molecule has 3 fully saturated rings. The maximum absolute atomic E-state index is 10.7. The molecular weight excluding hydrogens is 258 g/mol. The number of fused-ring (bicyclic) bond motifs is 5. The summed E-state index contributed by atoms with van der Waals surface area (Å²) in [6.07, 6.45) is 14.7. The van der Waals surface area contributed by atoms with Gasteiger partial charge in [0.05, 0.1) is 0 Å². The Balaban J connectivity index is 1.69. The van der Waals surface area contributed by atoms with Crippen molar-refractivity contribution >= 4 is 0 Å². The summed E-state index contributed by atoms with van der Waals surface area (Å²) in [6, 6.07) is 0. The van der Waals surface area contributed by atoms with Gasteiger partial charge in [-0.15, -0.1) is 0 Å². The van der Waals surface area contributed by atoms with Crippen LogP contribution in [0.25, 0.3) is 0 Å². The summed E-state index contributed by atoms with van der Waals surface area (Å²) in [5.41, 5.74) is 5.74. The quantitative estimate of drug-likeness (QED) is 0.526. The molecule has 2 nitrogen and oxygen atoms in total. The topological polar surface area (TPSA) is 46.2 Å². The summed E-state index contributed by atoms with van der Waals surface area (Å²) >= 11 is 0. The molecule has 7 atom stereocenters. The first-order chi connectivity index (χ1) is 9.88. The van der Waals surface area contributed by atoms with Gasteiger partial charge in [0.25, 0.3) is 0 Å². The van der Waals surface area contributed by atoms with Gasteiger partial charge in [0.1, 0.15) is 5.72 Å². The number of nitrogens with two attached hydrogens (primary N) is 1. The Hall–Kier alpha value is -0.340. The molecule has 0 amide bonds. The van der Waals surface area contributed by atoms with Crippen molar-refractivity contribution in [3.05, 3.63) is 12.2 Å². The van der Waals surface area contributed by atoms with Gasteiger partial charge in [0, 0.05) is 5.41 Å². The smallest absolute Gasteiger partial charge is 0.119 e. The molecule has 4 aliphatic carbocycles. The fraction of sp³-hybridized carbons (Fsp3) is 0.895. The predicted octanol–water partition coefficient (Wildman–Crippen LogP) is 3.84. The van der Waals surface area contributed by atoms with E-state index in [1.54, 1.807) is 0 Å². The second-order valence-corrected chi connectivity index (χ2v) is 8.92. The van der Waals surface area contributed by atoms with Gasteiger partial charge in [0.15, 0.2) is 0 Å². The van der Waals surface area contributed by atoms with Gasteiger partial charge in [0.2, 0.25) is 0 Å². The van der Waals surface area contributed by atoms with Crippen LogP contribution < -0.4 is 5.73 Å². The number of rotatable bonds is 0. The van der Waals surface area contributed by atoms with E-state index < -0.39 is 5.72 Å². The Bertz CT molecular complexity index is 470. The van der Waals surface area contributed by atoms with Crippen molar-refractivity contribution in [1.82, 2.24) is 0 Å². The van der Waals surface area contributed by atoms with E-state index in [1.165, 1.54) is 32.1 Å². The molecule has 0 bridgehead atoms. The standard InChI is InChI=1S/C19H31NO/c1-17-10-4-3-5-13(17)6-7-14-15(17)8-11-18(2)16(14)9-12-19(18,20)21/h4,10,13-16,21H,3,5-9,11-12,20H2,1-2H3/t13?,14-,15-,16+,17+,18+,19?/m1/s1. The minimum absolute atomic E-state index is 0.0459. The van der Waals surface area contributed by atoms with E-state index in [0.717, 1.165) is 37.0 Å². The van der Waals surface area contributed by atoms with Crippen molar-refractivity contribution in [3.63, 3.8) is 0 Å². The van der Waals surface area contributed by atoms with Gasteiger partial charge >= 0.3 is 0 Å². The number of aliphatic hydroxyl groups is 1. The summed E-state index contributed by atoms with van der Waals surface area (Å²) in [7, 11) is 0. The second-order valence-electron chi connectivity index (χ2n) is 8.92. The first-order valence-corrected chi connectivity index (χ1v) is 9.07. The molecule has 118 valence electrons. The molecule has 0 heterocycles. The molecule has 3 N–H and O–H groups in total. The van der Waals surface area contributed by atoms with Crippen molar-refractivity contribution in [1.29, 1.82) is 0 Å². The van der Waals surface area contributed by atoms with Gasteiger partial charge in [-0.2, -0.15) is 0 Å². The molecule has 0 spiro atoms. The van der Waals surface area contributed by atoms with E-state index >= 15 is 0 Å². The van der Waals surface area contributed by atoms with Crippen LogP contribution in [-0.4, -0.2) is 10.8 Å². The molecule has 4 rings (SSSR count). The maximum atomic E-state index is 10.7. The van der Waals surface area contributed by atoms with Crippen molar-refractivity contribution in [2.45, 2.75) is 70.9 Å². The van der Waals surface area contributed by atoms with Gasteiger partial charge in [-0.25, -0.2) is 0 Å². The minimum atomic E-state index is -0.928. The Morgan fingerprint density at radius 3 is 2.57 bits per heavy atom. The average Bonchev–Trinajstić information content (AvgIpc) is 2.69. The zero-order chi connectivity index (χ0) is 14.9. The van der Waals surface area contributed by atoms with Crippen molar-refractivity contribution in [2.75, 3.05) is 0 Å². The molecule has 0 aromatic rings. The average molecular weight is 289 g/mol. The van der Waals surface area contributed by atoms with E-state index in [9.17, 15) is 5.11 Å². The Kier molecular flexibility index (Phi) is 2.96. The molecule has 0 aromatic heterocycles. The lowest BCUT2D eigenvalue weighted by Crippen LogP contribution is -2.58. The summed E-state index contributed by atoms with van der Waals surface area (Å²) in [5, 5.41) is 10.7. The first kappa shape index (κ1) is 14.3. The summed E-state index contributed by atoms with van der Waals surface area (Å²) in [6.45, 7) is 4.79. The highest BCUT2D eigenvalue weighted by atomic mass is 16.3. The fourth-order valence-corrected chi connectivity index (χ4v) is 6.87. The predicted molar refractivity (Wildman–Crippen MR) is 85.4 cm³/mol. The summed E-state index contributed by atoms with van der Waals surface area (Å²) < 4.78 is 0. The van der Waals surface area contributed by atoms with Crippen molar-refractivity contribution in [3.8, 4) is 0 Å². The SMILES string of the molecule is C[C@]12C=CCCC1CC[C@@H]1[C@H]2CC[C@@]2(C)[C@H]1CCC2(N)O. The molecule has 2 heteroatoms. The zero-order valence-corrected chi connectivity index (χ0v) is 13.6. The van der Waals surface area contributed by atoms with Crippen LogP contribution in [0.5, 0.6) is 0 Å². The highest BCUT2D eigenvalue weighted by Crippen LogP contribution is 2.66. The lowest BCUT2D eigenvalue weighted by atomic mass is 9.46. The third kappa shape index (κ3) is 1.72. The van der Waals surface area contributed by atoms with Crippen LogP contribution in [0.15, 0.2) is 12.2 Å². The maximum Gasteiger partial charge on any atom is 0.119 e. The number of hydrogen-bond donors (Lipinski definition) is 2. The molecule has 0 aromatic carbocycles. The summed E-state index contributed by atoms with van der Waals surface area (Å²) in [5.74, 6) is 3.13. The molecular formula is C19H31NO. The zero-order valence-electron chi connectivity index (χ0n) is 13.6.